The number of aromatic nitrogens is 4. The molecule has 2 rings (SSSR count). The van der Waals surface area contributed by atoms with Gasteiger partial charge in [-0.05, 0) is 0 Å². The topological polar surface area (TPSA) is 111 Å². The number of oxime groups is 1. The fourth-order valence-corrected chi connectivity index (χ4v) is 1.86. The molecule has 1 N–H and O–H groups in total. The molecule has 2 aromatic rings. The predicted molar refractivity (Wildman–Crippen MR) is 66.0 cm³/mol. The van der Waals surface area contributed by atoms with Gasteiger partial charge in [0.25, 0.3) is 0 Å². The number of nitrogens with one attached hydrogen (secondary N) is 1. The van der Waals surface area contributed by atoms with Gasteiger partial charge in [-0.25, -0.2) is 9.97 Å². The highest BCUT2D eigenvalue weighted by atomic mass is 32.1. The van der Waals surface area contributed by atoms with Crippen molar-refractivity contribution in [1.82, 2.24) is 19.7 Å². The maximum absolute atomic E-state index is 12.1. The number of carbonyl (C=O) groups is 2. The average Bonchev–Trinajstić information content (AvgIpc) is 3.06. The van der Waals surface area contributed by atoms with Crippen molar-refractivity contribution < 1.29 is 14.4 Å². The van der Waals surface area contributed by atoms with Gasteiger partial charge < -0.3 is 10.2 Å². The van der Waals surface area contributed by atoms with E-state index in [0.29, 0.717) is 11.5 Å². The molecule has 0 aliphatic carbocycles. The molecule has 0 saturated carbocycles. The van der Waals surface area contributed by atoms with Gasteiger partial charge >= 0.3 is 5.91 Å². The van der Waals surface area contributed by atoms with Gasteiger partial charge in [0.2, 0.25) is 6.41 Å². The first kappa shape index (κ1) is 12.8. The Morgan fingerprint density at radius 1 is 1.63 bits per heavy atom. The second-order valence-electron chi connectivity index (χ2n) is 3.07. The fourth-order valence-electron chi connectivity index (χ4n) is 1.21. The van der Waals surface area contributed by atoms with Crippen LogP contribution in [0.25, 0.3) is 0 Å². The molecule has 10 heteroatoms. The van der Waals surface area contributed by atoms with E-state index in [4.69, 9.17) is 0 Å². The first-order valence-electron chi connectivity index (χ1n) is 4.93. The fraction of sp³-hybridized carbons (Fsp3) is 0.111. The molecular weight excluding hydrogens is 272 g/mol. The largest absolute Gasteiger partial charge is 0.398 e. The van der Waals surface area contributed by atoms with E-state index in [9.17, 15) is 9.59 Å². The Labute approximate surface area is 110 Å². The zero-order chi connectivity index (χ0) is 13.7. The monoisotopic (exact) mass is 280 g/mol. The van der Waals surface area contributed by atoms with E-state index in [1.807, 2.05) is 0 Å². The van der Waals surface area contributed by atoms with Crippen molar-refractivity contribution in [2.75, 3.05) is 12.4 Å². The van der Waals surface area contributed by atoms with E-state index in [0.717, 1.165) is 16.0 Å². The summed E-state index contributed by atoms with van der Waals surface area (Å²) >= 11 is 1.16. The standard InChI is InChI=1S/C9H8N6O3S/c1-18-14-7(8(17)15-4-10-3-12-15)6-2-19-9(13-6)11-5-16/h2-5H,1H3,(H,11,13,16)/b14-7-. The van der Waals surface area contributed by atoms with E-state index in [2.05, 4.69) is 30.4 Å². The van der Waals surface area contributed by atoms with Gasteiger partial charge in [-0.2, -0.15) is 9.78 Å². The van der Waals surface area contributed by atoms with Gasteiger partial charge in [0.15, 0.2) is 10.8 Å². The van der Waals surface area contributed by atoms with E-state index in [-0.39, 0.29) is 11.4 Å². The molecule has 0 atom stereocenters. The number of carbonyl (C=O) groups excluding carboxylic acids is 2. The number of anilines is 1. The Morgan fingerprint density at radius 2 is 2.47 bits per heavy atom. The number of rotatable bonds is 5. The zero-order valence-electron chi connectivity index (χ0n) is 9.68. The van der Waals surface area contributed by atoms with Crippen LogP contribution in [0.5, 0.6) is 0 Å². The number of amides is 1. The summed E-state index contributed by atoms with van der Waals surface area (Å²) in [6, 6.07) is 0. The van der Waals surface area contributed by atoms with Crippen LogP contribution in [0.1, 0.15) is 10.5 Å². The van der Waals surface area contributed by atoms with Crippen LogP contribution in [0.4, 0.5) is 5.13 Å². The van der Waals surface area contributed by atoms with Gasteiger partial charge in [-0.3, -0.25) is 9.59 Å². The maximum Gasteiger partial charge on any atom is 0.303 e. The normalized spacial score (nSPS) is 11.1. The van der Waals surface area contributed by atoms with E-state index < -0.39 is 5.91 Å². The molecule has 0 aliphatic rings. The lowest BCUT2D eigenvalue weighted by atomic mass is 10.3. The Morgan fingerprint density at radius 3 is 3.11 bits per heavy atom. The summed E-state index contributed by atoms with van der Waals surface area (Å²) in [5.74, 6) is -0.540. The van der Waals surface area contributed by atoms with E-state index in [1.165, 1.54) is 19.8 Å². The molecular formula is C9H8N6O3S. The Balaban J connectivity index is 2.32. The summed E-state index contributed by atoms with van der Waals surface area (Å²) in [5.41, 5.74) is 0.236. The van der Waals surface area contributed by atoms with Crippen LogP contribution in [0.15, 0.2) is 23.2 Å². The summed E-state index contributed by atoms with van der Waals surface area (Å²) < 4.78 is 1.00. The number of hydrogen-bond acceptors (Lipinski definition) is 8. The molecule has 0 saturated heterocycles. The van der Waals surface area contributed by atoms with Crippen molar-refractivity contribution in [1.29, 1.82) is 0 Å². The third kappa shape index (κ3) is 2.80. The van der Waals surface area contributed by atoms with Crippen molar-refractivity contribution in [3.05, 3.63) is 23.7 Å². The molecule has 98 valence electrons. The smallest absolute Gasteiger partial charge is 0.303 e. The Kier molecular flexibility index (Phi) is 3.93. The number of nitrogens with zero attached hydrogens (tertiary/aromatic N) is 5. The summed E-state index contributed by atoms with van der Waals surface area (Å²) in [6.07, 6.45) is 2.96. The molecule has 0 radical (unpaired) electrons. The van der Waals surface area contributed by atoms with Gasteiger partial charge in [0, 0.05) is 5.38 Å². The molecule has 0 bridgehead atoms. The average molecular weight is 280 g/mol. The van der Waals surface area contributed by atoms with Gasteiger partial charge in [-0.15, -0.1) is 11.3 Å². The van der Waals surface area contributed by atoms with E-state index in [1.54, 1.807) is 5.38 Å². The second kappa shape index (κ2) is 5.82. The van der Waals surface area contributed by atoms with Crippen LogP contribution in [0.3, 0.4) is 0 Å². The minimum atomic E-state index is -0.540. The minimum absolute atomic E-state index is 0.0387. The van der Waals surface area contributed by atoms with Crippen LogP contribution in [-0.4, -0.2) is 44.9 Å². The molecule has 0 spiro atoms. The molecule has 0 unspecified atom stereocenters. The molecule has 0 fully saturated rings. The van der Waals surface area contributed by atoms with Crippen molar-refractivity contribution in [3.8, 4) is 0 Å². The number of thiazole rings is 1. The van der Waals surface area contributed by atoms with Gasteiger partial charge in [0.05, 0.1) is 0 Å². The molecule has 1 amide bonds. The number of hydrogen-bond donors (Lipinski definition) is 1. The lowest BCUT2D eigenvalue weighted by molar-refractivity contribution is -0.105. The Bertz CT molecular complexity index is 605. The first-order chi connectivity index (χ1) is 9.26. The highest BCUT2D eigenvalue weighted by Crippen LogP contribution is 2.16. The predicted octanol–water partition coefficient (Wildman–Crippen LogP) is -0.00620. The first-order valence-corrected chi connectivity index (χ1v) is 5.80. The van der Waals surface area contributed by atoms with Gasteiger partial charge in [-0.1, -0.05) is 5.16 Å². The van der Waals surface area contributed by atoms with Crippen LogP contribution >= 0.6 is 11.3 Å². The van der Waals surface area contributed by atoms with Crippen molar-refractivity contribution >= 4 is 34.5 Å². The SMILES string of the molecule is CO/N=C(\C(=O)n1cncn1)c1csc(NC=O)n1. The van der Waals surface area contributed by atoms with E-state index >= 15 is 0 Å². The van der Waals surface area contributed by atoms with Crippen LogP contribution < -0.4 is 5.32 Å². The highest BCUT2D eigenvalue weighted by molar-refractivity contribution is 7.14. The van der Waals surface area contributed by atoms with Crippen LogP contribution in [0, 0.1) is 0 Å². The second-order valence-corrected chi connectivity index (χ2v) is 3.93. The van der Waals surface area contributed by atoms with Gasteiger partial charge in [0.1, 0.15) is 25.5 Å². The zero-order valence-corrected chi connectivity index (χ0v) is 10.5. The maximum atomic E-state index is 12.1. The summed E-state index contributed by atoms with van der Waals surface area (Å²) in [7, 11) is 1.31. The van der Waals surface area contributed by atoms with Crippen molar-refractivity contribution in [2.24, 2.45) is 5.16 Å². The molecule has 0 aliphatic heterocycles. The summed E-state index contributed by atoms with van der Waals surface area (Å²) in [4.78, 5) is 34.7. The molecule has 19 heavy (non-hydrogen) atoms. The van der Waals surface area contributed by atoms with Crippen LogP contribution in [-0.2, 0) is 9.63 Å². The third-order valence-electron chi connectivity index (χ3n) is 1.94. The van der Waals surface area contributed by atoms with Crippen molar-refractivity contribution in [2.45, 2.75) is 0 Å². The van der Waals surface area contributed by atoms with Crippen LogP contribution in [0.2, 0.25) is 0 Å². The summed E-state index contributed by atoms with van der Waals surface area (Å²) in [5, 5.41) is 11.6. The molecule has 2 aromatic heterocycles. The quantitative estimate of drug-likeness (QED) is 0.468. The highest BCUT2D eigenvalue weighted by Gasteiger charge is 2.21. The minimum Gasteiger partial charge on any atom is -0.398 e. The molecule has 9 nitrogen and oxygen atoms in total. The lowest BCUT2D eigenvalue weighted by Gasteiger charge is -2.00. The summed E-state index contributed by atoms with van der Waals surface area (Å²) in [6.45, 7) is 0. The van der Waals surface area contributed by atoms with Crippen molar-refractivity contribution in [3.63, 3.8) is 0 Å². The third-order valence-corrected chi connectivity index (χ3v) is 2.71. The lowest BCUT2D eigenvalue weighted by Crippen LogP contribution is -2.24. The molecule has 0 aromatic carbocycles. The Hall–Kier alpha value is -2.62. The molecule has 2 heterocycles.